The number of halogens is 2. The van der Waals surface area contributed by atoms with E-state index in [0.717, 1.165) is 29.9 Å². The summed E-state index contributed by atoms with van der Waals surface area (Å²) in [6.07, 6.45) is 7.36. The molecule has 2 aromatic carbocycles. The molecule has 1 amide bonds. The van der Waals surface area contributed by atoms with Gasteiger partial charge in [0.25, 0.3) is 5.91 Å². The van der Waals surface area contributed by atoms with Gasteiger partial charge in [0.15, 0.2) is 0 Å². The number of nitrogens with zero attached hydrogens (tertiary/aromatic N) is 2. The third kappa shape index (κ3) is 12.8. The van der Waals surface area contributed by atoms with Crippen LogP contribution in [0.15, 0.2) is 85.8 Å². The molecule has 0 atom stereocenters. The van der Waals surface area contributed by atoms with Crippen LogP contribution in [0.4, 0.5) is 14.6 Å². The number of nitrogens with one attached hydrogen (secondary N) is 3. The van der Waals surface area contributed by atoms with Gasteiger partial charge in [0.05, 0.1) is 12.1 Å². The van der Waals surface area contributed by atoms with Crippen molar-refractivity contribution in [1.82, 2.24) is 20.7 Å². The number of benzene rings is 2. The Morgan fingerprint density at radius 2 is 1.63 bits per heavy atom. The van der Waals surface area contributed by atoms with E-state index in [4.69, 9.17) is 19.3 Å². The highest BCUT2D eigenvalue weighted by atomic mass is 19.2. The van der Waals surface area contributed by atoms with E-state index in [1.54, 1.807) is 42.7 Å². The first kappa shape index (κ1) is 38.9. The molecule has 0 unspecified atom stereocenters. The molecule has 1 aliphatic rings. The van der Waals surface area contributed by atoms with Crippen LogP contribution in [0.2, 0.25) is 0 Å². The van der Waals surface area contributed by atoms with Crippen molar-refractivity contribution in [3.63, 3.8) is 0 Å². The van der Waals surface area contributed by atoms with Crippen LogP contribution in [0.25, 0.3) is 5.70 Å². The minimum absolute atomic E-state index is 0.0354. The summed E-state index contributed by atoms with van der Waals surface area (Å²) in [6.45, 7) is 10.4. The van der Waals surface area contributed by atoms with Gasteiger partial charge < -0.3 is 35.3 Å². The van der Waals surface area contributed by atoms with E-state index in [0.29, 0.717) is 79.6 Å². The van der Waals surface area contributed by atoms with Crippen LogP contribution in [0.5, 0.6) is 5.75 Å². The number of anilines is 1. The zero-order chi connectivity index (χ0) is 36.5. The van der Waals surface area contributed by atoms with Gasteiger partial charge in [-0.3, -0.25) is 9.78 Å². The fraction of sp³-hybridized carbons (Fsp3) is 0.395. The molecule has 51 heavy (non-hydrogen) atoms. The summed E-state index contributed by atoms with van der Waals surface area (Å²) < 4.78 is 45.1. The van der Waals surface area contributed by atoms with E-state index < -0.39 is 17.3 Å². The number of hydrogen-bond acceptors (Lipinski definition) is 9. The summed E-state index contributed by atoms with van der Waals surface area (Å²) in [5.41, 5.74) is 2.73. The van der Waals surface area contributed by atoms with Gasteiger partial charge in [0.2, 0.25) is 0 Å². The predicted molar refractivity (Wildman–Crippen MR) is 191 cm³/mol. The van der Waals surface area contributed by atoms with E-state index >= 15 is 0 Å². The van der Waals surface area contributed by atoms with Crippen molar-refractivity contribution < 1.29 is 37.8 Å². The van der Waals surface area contributed by atoms with Crippen LogP contribution in [-0.4, -0.2) is 78.8 Å². The number of carbonyl (C=O) groups is 2. The number of piperidine rings is 1. The highest BCUT2D eigenvalue weighted by molar-refractivity contribution is 5.95. The normalized spacial score (nSPS) is 14.0. The number of carboxylic acids is 1. The summed E-state index contributed by atoms with van der Waals surface area (Å²) in [5.74, 6) is -1.31. The second-order valence-electron chi connectivity index (χ2n) is 12.3. The molecule has 0 bridgehead atoms. The molecule has 4 N–H and O–H groups in total. The van der Waals surface area contributed by atoms with Gasteiger partial charge in [-0.25, -0.2) is 9.18 Å². The molecule has 13 heteroatoms. The molecule has 0 saturated carbocycles. The Labute approximate surface area is 297 Å². The lowest BCUT2D eigenvalue weighted by Crippen LogP contribution is -2.51. The predicted octanol–water partition coefficient (Wildman–Crippen LogP) is 6.11. The molecule has 274 valence electrons. The quantitative estimate of drug-likeness (QED) is 0.0716. The van der Waals surface area contributed by atoms with E-state index in [9.17, 15) is 18.5 Å². The van der Waals surface area contributed by atoms with E-state index in [1.807, 2.05) is 18.2 Å². The first-order valence-corrected chi connectivity index (χ1v) is 17.1. The third-order valence-electron chi connectivity index (χ3n) is 8.44. The topological polar surface area (TPSA) is 134 Å². The molecule has 1 fully saturated rings. The Morgan fingerprint density at radius 1 is 0.902 bits per heavy atom. The number of carboxylic acid groups (broad SMARTS) is 1. The van der Waals surface area contributed by atoms with Crippen LogP contribution in [-0.2, 0) is 20.8 Å². The van der Waals surface area contributed by atoms with Crippen LogP contribution in [0.1, 0.15) is 60.0 Å². The van der Waals surface area contributed by atoms with Crippen LogP contribution in [0.3, 0.4) is 0 Å². The number of unbranched alkanes of at least 4 members (excludes halogenated alkanes) is 2. The largest absolute Gasteiger partial charge is 0.494 e. The van der Waals surface area contributed by atoms with Crippen molar-refractivity contribution in [1.29, 1.82) is 0 Å². The number of amides is 1. The fourth-order valence-electron chi connectivity index (χ4n) is 5.56. The monoisotopic (exact) mass is 707 g/mol. The van der Waals surface area contributed by atoms with Crippen LogP contribution >= 0.6 is 0 Å². The minimum atomic E-state index is -0.988. The maximum Gasteiger partial charge on any atom is 0.329 e. The number of pyridine rings is 1. The molecule has 0 aliphatic carbocycles. The second-order valence-corrected chi connectivity index (χ2v) is 12.3. The molecular formula is C38H47F2N5O6. The fourth-order valence-corrected chi connectivity index (χ4v) is 5.56. The van der Waals surface area contributed by atoms with E-state index in [2.05, 4.69) is 34.1 Å². The number of aliphatic carboxylic acids is 1. The van der Waals surface area contributed by atoms with Crippen molar-refractivity contribution in [2.24, 2.45) is 0 Å². The first-order chi connectivity index (χ1) is 24.6. The molecule has 1 saturated heterocycles. The standard InChI is InChI=1S/C38H47F2N5O6/c1-28(30-12-16-41-17-13-30)43-29(2)38(14-18-45(40)19-15-38)44-33-9-6-8-31(24-33)37(48)42-26-32-25-34(10-11-35(32)39)51-23-5-3-4-20-49-21-7-22-50-27-36(46)47/h6,8-13,16-17,24-25,43-44H,1-5,7,14-15,18-23,26-27H2,(H,42,48)(H,46,47). The van der Waals surface area contributed by atoms with Crippen molar-refractivity contribution >= 4 is 23.3 Å². The van der Waals surface area contributed by atoms with E-state index in [-0.39, 0.29) is 32.1 Å². The lowest BCUT2D eigenvalue weighted by Gasteiger charge is -2.42. The summed E-state index contributed by atoms with van der Waals surface area (Å²) in [5, 5.41) is 18.9. The van der Waals surface area contributed by atoms with Crippen molar-refractivity contribution in [3.8, 4) is 5.75 Å². The Balaban J connectivity index is 1.24. The first-order valence-electron chi connectivity index (χ1n) is 17.1. The lowest BCUT2D eigenvalue weighted by atomic mass is 9.84. The SMILES string of the molecule is C=C(NC(=C)C1(Nc2cccc(C(=O)NCc3cc(OCCCCCOCCCOCC(=O)O)ccc3F)c2)CCN(F)CC1)c1ccncc1. The number of carbonyl (C=O) groups excluding carboxylic acids is 1. The molecule has 1 aliphatic heterocycles. The molecule has 0 spiro atoms. The van der Waals surface area contributed by atoms with Gasteiger partial charge in [0.1, 0.15) is 18.2 Å². The lowest BCUT2D eigenvalue weighted by molar-refractivity contribution is -0.142. The minimum Gasteiger partial charge on any atom is -0.494 e. The molecular weight excluding hydrogens is 660 g/mol. The summed E-state index contributed by atoms with van der Waals surface area (Å²) in [7, 11) is 0. The van der Waals surface area contributed by atoms with E-state index in [1.165, 1.54) is 6.07 Å². The van der Waals surface area contributed by atoms with Crippen LogP contribution in [0, 0.1) is 5.82 Å². The maximum atomic E-state index is 14.7. The van der Waals surface area contributed by atoms with Gasteiger partial charge in [-0.1, -0.05) is 19.2 Å². The summed E-state index contributed by atoms with van der Waals surface area (Å²) in [6, 6.07) is 15.1. The van der Waals surface area contributed by atoms with Gasteiger partial charge in [-0.2, -0.15) is 0 Å². The number of aromatic nitrogens is 1. The highest BCUT2D eigenvalue weighted by Crippen LogP contribution is 2.33. The Kier molecular flexibility index (Phi) is 15.4. The summed E-state index contributed by atoms with van der Waals surface area (Å²) in [4.78, 5) is 27.6. The van der Waals surface area contributed by atoms with Gasteiger partial charge >= 0.3 is 5.97 Å². The van der Waals surface area contributed by atoms with Crippen molar-refractivity contribution in [2.75, 3.05) is 51.4 Å². The zero-order valence-corrected chi connectivity index (χ0v) is 28.8. The highest BCUT2D eigenvalue weighted by Gasteiger charge is 2.38. The molecule has 11 nitrogen and oxygen atoms in total. The second kappa shape index (κ2) is 20.1. The Morgan fingerprint density at radius 3 is 2.39 bits per heavy atom. The number of hydrogen-bond donors (Lipinski definition) is 4. The Bertz CT molecular complexity index is 1600. The Hall–Kier alpha value is -4.85. The molecule has 1 aromatic heterocycles. The zero-order valence-electron chi connectivity index (χ0n) is 28.8. The molecule has 0 radical (unpaired) electrons. The van der Waals surface area contributed by atoms with Crippen molar-refractivity contribution in [2.45, 2.75) is 50.6 Å². The van der Waals surface area contributed by atoms with Crippen LogP contribution < -0.4 is 20.7 Å². The molecule has 2 heterocycles. The average molecular weight is 708 g/mol. The molecule has 4 rings (SSSR count). The van der Waals surface area contributed by atoms with Crippen molar-refractivity contribution in [3.05, 3.63) is 108 Å². The smallest absolute Gasteiger partial charge is 0.329 e. The maximum absolute atomic E-state index is 14.7. The van der Waals surface area contributed by atoms with Gasteiger partial charge in [-0.05, 0) is 87.1 Å². The van der Waals surface area contributed by atoms with Gasteiger partial charge in [0, 0.05) is 85.6 Å². The summed E-state index contributed by atoms with van der Waals surface area (Å²) >= 11 is 0. The number of rotatable bonds is 22. The number of ether oxygens (including phenoxy) is 3. The molecule has 3 aromatic rings. The average Bonchev–Trinajstić information content (AvgIpc) is 3.13. The van der Waals surface area contributed by atoms with Gasteiger partial charge in [-0.15, -0.1) is 9.60 Å². The third-order valence-corrected chi connectivity index (χ3v) is 8.44.